The SMILES string of the molecule is CN(C)C(=O)c1cn[nH]c1[C@@H]1CCCN(Cc2csc3ccccc23)C1. The molecule has 1 N–H and O–H groups in total. The second-order valence-corrected chi connectivity index (χ2v) is 8.14. The van der Waals surface area contributed by atoms with E-state index in [9.17, 15) is 4.79 Å². The van der Waals surface area contributed by atoms with E-state index in [-0.39, 0.29) is 5.91 Å². The average Bonchev–Trinajstić information content (AvgIpc) is 3.29. The predicted octanol–water partition coefficient (Wildman–Crippen LogP) is 3.71. The molecule has 1 aromatic carbocycles. The molecular weight excluding hydrogens is 344 g/mol. The van der Waals surface area contributed by atoms with Crippen molar-refractivity contribution in [1.82, 2.24) is 20.0 Å². The van der Waals surface area contributed by atoms with Gasteiger partial charge in [0.05, 0.1) is 17.5 Å². The fourth-order valence-corrected chi connectivity index (χ4v) is 4.80. The molecule has 1 aliphatic heterocycles. The van der Waals surface area contributed by atoms with Gasteiger partial charge in [-0.2, -0.15) is 5.10 Å². The highest BCUT2D eigenvalue weighted by Crippen LogP contribution is 2.31. The molecule has 0 radical (unpaired) electrons. The lowest BCUT2D eigenvalue weighted by molar-refractivity contribution is 0.0825. The molecule has 1 amide bonds. The summed E-state index contributed by atoms with van der Waals surface area (Å²) in [4.78, 5) is 16.5. The number of carbonyl (C=O) groups excluding carboxylic acids is 1. The van der Waals surface area contributed by atoms with Gasteiger partial charge in [0.15, 0.2) is 0 Å². The minimum atomic E-state index is 0.0229. The van der Waals surface area contributed by atoms with Crippen molar-refractivity contribution < 1.29 is 4.79 Å². The smallest absolute Gasteiger partial charge is 0.256 e. The second kappa shape index (κ2) is 7.21. The summed E-state index contributed by atoms with van der Waals surface area (Å²) in [7, 11) is 3.57. The molecule has 1 aliphatic rings. The number of hydrogen-bond acceptors (Lipinski definition) is 4. The van der Waals surface area contributed by atoms with Crippen molar-refractivity contribution in [2.45, 2.75) is 25.3 Å². The molecule has 1 atom stereocenters. The Morgan fingerprint density at radius 1 is 1.38 bits per heavy atom. The lowest BCUT2D eigenvalue weighted by Gasteiger charge is -2.32. The topological polar surface area (TPSA) is 52.2 Å². The number of amides is 1. The normalized spacial score (nSPS) is 18.3. The lowest BCUT2D eigenvalue weighted by Crippen LogP contribution is -2.35. The first-order valence-electron chi connectivity index (χ1n) is 9.06. The van der Waals surface area contributed by atoms with Gasteiger partial charge in [0.25, 0.3) is 5.91 Å². The van der Waals surface area contributed by atoms with Crippen LogP contribution in [0.3, 0.4) is 0 Å². The molecule has 2 aromatic heterocycles. The quantitative estimate of drug-likeness (QED) is 0.764. The van der Waals surface area contributed by atoms with Gasteiger partial charge in [-0.1, -0.05) is 18.2 Å². The van der Waals surface area contributed by atoms with Crippen molar-refractivity contribution in [3.63, 3.8) is 0 Å². The molecule has 3 heterocycles. The summed E-state index contributed by atoms with van der Waals surface area (Å²) >= 11 is 1.82. The molecule has 3 aromatic rings. The molecule has 0 aliphatic carbocycles. The van der Waals surface area contributed by atoms with Crippen LogP contribution in [-0.2, 0) is 6.54 Å². The largest absolute Gasteiger partial charge is 0.345 e. The number of piperidine rings is 1. The first-order chi connectivity index (χ1) is 12.6. The van der Waals surface area contributed by atoms with Crippen LogP contribution in [0.15, 0.2) is 35.8 Å². The van der Waals surface area contributed by atoms with Crippen LogP contribution in [-0.4, -0.2) is 53.1 Å². The van der Waals surface area contributed by atoms with Crippen molar-refractivity contribution in [2.24, 2.45) is 0 Å². The molecule has 26 heavy (non-hydrogen) atoms. The zero-order valence-electron chi connectivity index (χ0n) is 15.2. The van der Waals surface area contributed by atoms with Gasteiger partial charge in [0, 0.05) is 37.8 Å². The van der Waals surface area contributed by atoms with Gasteiger partial charge in [-0.25, -0.2) is 0 Å². The number of fused-ring (bicyclic) bond motifs is 1. The fraction of sp³-hybridized carbons (Fsp3) is 0.400. The molecule has 136 valence electrons. The molecule has 0 saturated carbocycles. The van der Waals surface area contributed by atoms with Gasteiger partial charge in [-0.15, -0.1) is 11.3 Å². The summed E-state index contributed by atoms with van der Waals surface area (Å²) in [6, 6.07) is 8.61. The summed E-state index contributed by atoms with van der Waals surface area (Å²) in [5.74, 6) is 0.352. The highest BCUT2D eigenvalue weighted by atomic mass is 32.1. The highest BCUT2D eigenvalue weighted by molar-refractivity contribution is 7.17. The Labute approximate surface area is 157 Å². The van der Waals surface area contributed by atoms with Crippen LogP contribution in [0.25, 0.3) is 10.1 Å². The Morgan fingerprint density at radius 3 is 3.08 bits per heavy atom. The first-order valence-corrected chi connectivity index (χ1v) is 9.94. The Balaban J connectivity index is 1.52. The highest BCUT2D eigenvalue weighted by Gasteiger charge is 2.27. The molecule has 0 unspecified atom stereocenters. The van der Waals surface area contributed by atoms with Crippen LogP contribution in [0.4, 0.5) is 0 Å². The van der Waals surface area contributed by atoms with Gasteiger partial charge in [-0.05, 0) is 41.8 Å². The third kappa shape index (κ3) is 3.27. The number of likely N-dealkylation sites (tertiary alicyclic amines) is 1. The zero-order valence-corrected chi connectivity index (χ0v) is 16.1. The van der Waals surface area contributed by atoms with Gasteiger partial charge >= 0.3 is 0 Å². The predicted molar refractivity (Wildman–Crippen MR) is 106 cm³/mol. The summed E-state index contributed by atoms with van der Waals surface area (Å²) in [6.45, 7) is 3.03. The first kappa shape index (κ1) is 17.2. The van der Waals surface area contributed by atoms with Gasteiger partial charge in [0.1, 0.15) is 0 Å². The number of nitrogens with zero attached hydrogens (tertiary/aromatic N) is 3. The summed E-state index contributed by atoms with van der Waals surface area (Å²) in [6.07, 6.45) is 3.90. The van der Waals surface area contributed by atoms with E-state index >= 15 is 0 Å². The fourth-order valence-electron chi connectivity index (χ4n) is 3.85. The summed E-state index contributed by atoms with van der Waals surface area (Å²) < 4.78 is 1.35. The number of nitrogens with one attached hydrogen (secondary N) is 1. The third-order valence-electron chi connectivity index (χ3n) is 5.17. The number of rotatable bonds is 4. The Kier molecular flexibility index (Phi) is 4.78. The van der Waals surface area contributed by atoms with Gasteiger partial charge < -0.3 is 4.90 Å². The maximum absolute atomic E-state index is 12.4. The maximum Gasteiger partial charge on any atom is 0.256 e. The number of H-pyrrole nitrogens is 1. The number of carbonyl (C=O) groups is 1. The molecular formula is C20H24N4OS. The van der Waals surface area contributed by atoms with Crippen molar-refractivity contribution >= 4 is 27.3 Å². The standard InChI is InChI=1S/C20H24N4OS/c1-23(2)20(25)17-10-21-22-19(17)14-6-5-9-24(11-14)12-15-13-26-18-8-4-3-7-16(15)18/h3-4,7-8,10,13-14H,5-6,9,11-12H2,1-2H3,(H,21,22)/t14-/m1/s1. The zero-order chi connectivity index (χ0) is 18.1. The number of benzene rings is 1. The summed E-state index contributed by atoms with van der Waals surface area (Å²) in [5.41, 5.74) is 3.10. The van der Waals surface area contributed by atoms with Crippen LogP contribution < -0.4 is 0 Å². The van der Waals surface area contributed by atoms with Crippen LogP contribution >= 0.6 is 11.3 Å². The molecule has 5 nitrogen and oxygen atoms in total. The monoisotopic (exact) mass is 368 g/mol. The van der Waals surface area contributed by atoms with E-state index in [0.717, 1.165) is 38.2 Å². The van der Waals surface area contributed by atoms with Crippen molar-refractivity contribution in [1.29, 1.82) is 0 Å². The van der Waals surface area contributed by atoms with Crippen LogP contribution in [0.2, 0.25) is 0 Å². The van der Waals surface area contributed by atoms with E-state index in [1.807, 2.05) is 11.3 Å². The number of aromatic nitrogens is 2. The van der Waals surface area contributed by atoms with Crippen molar-refractivity contribution in [3.8, 4) is 0 Å². The minimum absolute atomic E-state index is 0.0229. The lowest BCUT2D eigenvalue weighted by atomic mass is 9.92. The van der Waals surface area contributed by atoms with E-state index in [1.165, 1.54) is 15.6 Å². The van der Waals surface area contributed by atoms with Crippen molar-refractivity contribution in [3.05, 3.63) is 52.7 Å². The number of hydrogen-bond donors (Lipinski definition) is 1. The minimum Gasteiger partial charge on any atom is -0.345 e. The van der Waals surface area contributed by atoms with E-state index < -0.39 is 0 Å². The third-order valence-corrected chi connectivity index (χ3v) is 6.19. The Hall–Kier alpha value is -2.18. The van der Waals surface area contributed by atoms with E-state index in [2.05, 4.69) is 44.7 Å². The molecule has 0 spiro atoms. The second-order valence-electron chi connectivity index (χ2n) is 7.23. The Morgan fingerprint density at radius 2 is 2.23 bits per heavy atom. The van der Waals surface area contributed by atoms with Crippen LogP contribution in [0.1, 0.15) is 40.4 Å². The number of aromatic amines is 1. The van der Waals surface area contributed by atoms with E-state index in [4.69, 9.17) is 0 Å². The molecule has 1 saturated heterocycles. The maximum atomic E-state index is 12.4. The van der Waals surface area contributed by atoms with Gasteiger partial charge in [0.2, 0.25) is 0 Å². The Bertz CT molecular complexity index is 913. The van der Waals surface area contributed by atoms with Crippen LogP contribution in [0.5, 0.6) is 0 Å². The van der Waals surface area contributed by atoms with Gasteiger partial charge in [-0.3, -0.25) is 14.8 Å². The molecule has 4 rings (SSSR count). The van der Waals surface area contributed by atoms with Crippen LogP contribution in [0, 0.1) is 0 Å². The van der Waals surface area contributed by atoms with Crippen molar-refractivity contribution in [2.75, 3.05) is 27.2 Å². The number of thiophene rings is 1. The summed E-state index contributed by atoms with van der Waals surface area (Å²) in [5, 5.41) is 10.9. The molecule has 1 fully saturated rings. The average molecular weight is 369 g/mol. The van der Waals surface area contributed by atoms with E-state index in [0.29, 0.717) is 11.5 Å². The van der Waals surface area contributed by atoms with E-state index in [1.54, 1.807) is 25.2 Å². The molecule has 6 heteroatoms. The molecule has 0 bridgehead atoms.